The Balaban J connectivity index is 1.54. The van der Waals surface area contributed by atoms with Crippen LogP contribution in [-0.4, -0.2) is 49.1 Å². The molecule has 6 heteroatoms. The van der Waals surface area contributed by atoms with Gasteiger partial charge in [0, 0.05) is 38.3 Å². The van der Waals surface area contributed by atoms with E-state index in [0.29, 0.717) is 19.8 Å². The summed E-state index contributed by atoms with van der Waals surface area (Å²) in [5.74, 6) is 0.274. The Hall–Kier alpha value is -1.40. The largest absolute Gasteiger partial charge is 0.381 e. The molecule has 2 amide bonds. The highest BCUT2D eigenvalue weighted by molar-refractivity contribution is 7.12. The summed E-state index contributed by atoms with van der Waals surface area (Å²) in [7, 11) is 0. The van der Waals surface area contributed by atoms with Crippen molar-refractivity contribution in [1.29, 1.82) is 0 Å². The van der Waals surface area contributed by atoms with E-state index in [-0.39, 0.29) is 23.8 Å². The minimum absolute atomic E-state index is 0.0668. The van der Waals surface area contributed by atoms with Gasteiger partial charge in [-0.15, -0.1) is 11.3 Å². The lowest BCUT2D eigenvalue weighted by Crippen LogP contribution is -2.51. The number of hydrogen-bond acceptors (Lipinski definition) is 4. The molecule has 2 fully saturated rings. The van der Waals surface area contributed by atoms with Gasteiger partial charge in [0.05, 0.1) is 4.88 Å². The maximum absolute atomic E-state index is 12.4. The maximum Gasteiger partial charge on any atom is 0.263 e. The van der Waals surface area contributed by atoms with E-state index in [0.717, 1.165) is 37.1 Å². The molecule has 0 unspecified atom stereocenters. The number of thiophene rings is 1. The van der Waals surface area contributed by atoms with Gasteiger partial charge in [0.15, 0.2) is 0 Å². The quantitative estimate of drug-likeness (QED) is 0.924. The summed E-state index contributed by atoms with van der Waals surface area (Å²) >= 11 is 1.47. The topological polar surface area (TPSA) is 58.6 Å². The third-order valence-corrected chi connectivity index (χ3v) is 5.24. The van der Waals surface area contributed by atoms with Crippen LogP contribution >= 0.6 is 11.3 Å². The molecule has 22 heavy (non-hydrogen) atoms. The zero-order valence-corrected chi connectivity index (χ0v) is 13.4. The highest BCUT2D eigenvalue weighted by Crippen LogP contribution is 2.19. The average Bonchev–Trinajstić information content (AvgIpc) is 3.09. The van der Waals surface area contributed by atoms with Crippen molar-refractivity contribution in [2.24, 2.45) is 5.92 Å². The van der Waals surface area contributed by atoms with E-state index in [1.165, 1.54) is 11.3 Å². The summed E-state index contributed by atoms with van der Waals surface area (Å²) in [5.41, 5.74) is 0. The second-order valence-electron chi connectivity index (χ2n) is 5.96. The molecule has 1 atom stereocenters. The van der Waals surface area contributed by atoms with Crippen LogP contribution in [0.15, 0.2) is 17.5 Å². The normalized spacial score (nSPS) is 23.3. The predicted octanol–water partition coefficient (Wildman–Crippen LogP) is 1.90. The lowest BCUT2D eigenvalue weighted by molar-refractivity contribution is -0.128. The number of carbonyl (C=O) groups is 2. The van der Waals surface area contributed by atoms with Crippen LogP contribution in [-0.2, 0) is 9.53 Å². The van der Waals surface area contributed by atoms with E-state index < -0.39 is 0 Å². The highest BCUT2D eigenvalue weighted by atomic mass is 32.1. The van der Waals surface area contributed by atoms with Crippen LogP contribution < -0.4 is 5.32 Å². The van der Waals surface area contributed by atoms with E-state index in [9.17, 15) is 9.59 Å². The molecule has 3 rings (SSSR count). The average molecular weight is 322 g/mol. The number of piperidine rings is 1. The Morgan fingerprint density at radius 3 is 2.82 bits per heavy atom. The van der Waals surface area contributed by atoms with Crippen LogP contribution in [0.1, 0.15) is 35.4 Å². The van der Waals surface area contributed by atoms with Crippen LogP contribution in [0.25, 0.3) is 0 Å². The molecule has 0 bridgehead atoms. The van der Waals surface area contributed by atoms with Crippen molar-refractivity contribution in [1.82, 2.24) is 10.2 Å². The van der Waals surface area contributed by atoms with Crippen LogP contribution in [0.3, 0.4) is 0 Å². The van der Waals surface area contributed by atoms with E-state index in [2.05, 4.69) is 5.32 Å². The van der Waals surface area contributed by atoms with Crippen LogP contribution in [0, 0.1) is 5.92 Å². The van der Waals surface area contributed by atoms with Gasteiger partial charge >= 0.3 is 0 Å². The first-order chi connectivity index (χ1) is 10.7. The van der Waals surface area contributed by atoms with Gasteiger partial charge in [-0.1, -0.05) is 6.07 Å². The molecule has 0 aromatic carbocycles. The fraction of sp³-hybridized carbons (Fsp3) is 0.625. The molecule has 2 aliphatic rings. The van der Waals surface area contributed by atoms with E-state index in [1.807, 2.05) is 22.4 Å². The number of ether oxygens (including phenoxy) is 1. The van der Waals surface area contributed by atoms with Crippen molar-refractivity contribution >= 4 is 23.2 Å². The molecule has 0 saturated carbocycles. The van der Waals surface area contributed by atoms with Gasteiger partial charge in [0.25, 0.3) is 5.91 Å². The molecule has 120 valence electrons. The molecule has 1 N–H and O–H groups in total. The fourth-order valence-electron chi connectivity index (χ4n) is 3.11. The lowest BCUT2D eigenvalue weighted by atomic mass is 9.98. The van der Waals surface area contributed by atoms with Gasteiger partial charge in [-0.3, -0.25) is 9.59 Å². The fourth-order valence-corrected chi connectivity index (χ4v) is 3.81. The third kappa shape index (κ3) is 3.67. The van der Waals surface area contributed by atoms with Gasteiger partial charge in [-0.25, -0.2) is 0 Å². The zero-order chi connectivity index (χ0) is 15.4. The molecular formula is C16H22N2O3S. The van der Waals surface area contributed by atoms with Crippen LogP contribution in [0.5, 0.6) is 0 Å². The van der Waals surface area contributed by atoms with Crippen LogP contribution in [0.4, 0.5) is 0 Å². The molecule has 3 heterocycles. The second-order valence-corrected chi connectivity index (χ2v) is 6.91. The summed E-state index contributed by atoms with van der Waals surface area (Å²) in [5, 5.41) is 5.05. The highest BCUT2D eigenvalue weighted by Gasteiger charge is 2.28. The number of amides is 2. The number of hydrogen-bond donors (Lipinski definition) is 1. The minimum atomic E-state index is 0.0668. The minimum Gasteiger partial charge on any atom is -0.381 e. The molecule has 5 nitrogen and oxygen atoms in total. The van der Waals surface area contributed by atoms with Crippen molar-refractivity contribution in [3.63, 3.8) is 0 Å². The van der Waals surface area contributed by atoms with E-state index in [4.69, 9.17) is 4.74 Å². The standard InChI is InChI=1S/C16H22N2O3S/c19-15(12-5-8-21-9-6-12)17-13-3-1-7-18(11-13)16(20)14-4-2-10-22-14/h2,4,10,12-13H,1,3,5-9,11H2,(H,17,19)/t13-/m0/s1. The number of carbonyl (C=O) groups excluding carboxylic acids is 2. The SMILES string of the molecule is O=C(N[C@H]1CCCN(C(=O)c2cccs2)C1)C1CCOCC1. The summed E-state index contributed by atoms with van der Waals surface area (Å²) < 4.78 is 5.30. The number of likely N-dealkylation sites (tertiary alicyclic amines) is 1. The maximum atomic E-state index is 12.4. The van der Waals surface area contributed by atoms with E-state index in [1.54, 1.807) is 0 Å². The molecule has 2 saturated heterocycles. The molecule has 0 radical (unpaired) electrons. The van der Waals surface area contributed by atoms with E-state index >= 15 is 0 Å². The summed E-state index contributed by atoms with van der Waals surface area (Å²) in [6.45, 7) is 2.74. The second kappa shape index (κ2) is 7.24. The Bertz CT molecular complexity index is 511. The first kappa shape index (κ1) is 15.5. The predicted molar refractivity (Wildman–Crippen MR) is 84.9 cm³/mol. The Morgan fingerprint density at radius 2 is 2.09 bits per heavy atom. The molecule has 1 aromatic rings. The van der Waals surface area contributed by atoms with Gasteiger partial charge < -0.3 is 15.0 Å². The molecule has 2 aliphatic heterocycles. The molecule has 1 aromatic heterocycles. The van der Waals surface area contributed by atoms with Crippen LogP contribution in [0.2, 0.25) is 0 Å². The van der Waals surface area contributed by atoms with Crippen molar-refractivity contribution < 1.29 is 14.3 Å². The van der Waals surface area contributed by atoms with Gasteiger partial charge in [-0.2, -0.15) is 0 Å². The number of nitrogens with one attached hydrogen (secondary N) is 1. The Kier molecular flexibility index (Phi) is 5.10. The first-order valence-electron chi connectivity index (χ1n) is 7.95. The Labute approximate surface area is 134 Å². The monoisotopic (exact) mass is 322 g/mol. The molecular weight excluding hydrogens is 300 g/mol. The lowest BCUT2D eigenvalue weighted by Gasteiger charge is -2.34. The zero-order valence-electron chi connectivity index (χ0n) is 12.6. The summed E-state index contributed by atoms with van der Waals surface area (Å²) in [4.78, 5) is 27.3. The molecule has 0 aliphatic carbocycles. The van der Waals surface area contributed by atoms with Gasteiger partial charge in [0.2, 0.25) is 5.91 Å². The third-order valence-electron chi connectivity index (χ3n) is 4.38. The smallest absolute Gasteiger partial charge is 0.263 e. The number of nitrogens with zero attached hydrogens (tertiary/aromatic N) is 1. The number of rotatable bonds is 3. The summed E-state index contributed by atoms with van der Waals surface area (Å²) in [6, 6.07) is 3.83. The van der Waals surface area contributed by atoms with Gasteiger partial charge in [0.1, 0.15) is 0 Å². The van der Waals surface area contributed by atoms with Crippen molar-refractivity contribution in [3.8, 4) is 0 Å². The van der Waals surface area contributed by atoms with Crippen molar-refractivity contribution in [3.05, 3.63) is 22.4 Å². The van der Waals surface area contributed by atoms with Crippen molar-refractivity contribution in [2.45, 2.75) is 31.7 Å². The van der Waals surface area contributed by atoms with Crippen molar-refractivity contribution in [2.75, 3.05) is 26.3 Å². The Morgan fingerprint density at radius 1 is 1.27 bits per heavy atom. The van der Waals surface area contributed by atoms with Gasteiger partial charge in [-0.05, 0) is 37.1 Å². The molecule has 0 spiro atoms. The summed E-state index contributed by atoms with van der Waals surface area (Å²) in [6.07, 6.45) is 3.49. The first-order valence-corrected chi connectivity index (χ1v) is 8.83.